The van der Waals surface area contributed by atoms with Gasteiger partial charge in [-0.1, -0.05) is 45.0 Å². The van der Waals surface area contributed by atoms with E-state index in [1.165, 1.54) is 5.56 Å². The van der Waals surface area contributed by atoms with E-state index in [0.29, 0.717) is 6.61 Å². The highest BCUT2D eigenvalue weighted by Gasteiger charge is 2.18. The van der Waals surface area contributed by atoms with Gasteiger partial charge in [0.2, 0.25) is 0 Å². The molecular weight excluding hydrogens is 234 g/mol. The largest absolute Gasteiger partial charge is 0.487 e. The lowest BCUT2D eigenvalue weighted by Gasteiger charge is -2.22. The summed E-state index contributed by atoms with van der Waals surface area (Å²) in [5.74, 6) is 0.944. The molecular formula is C17H21NO. The maximum absolute atomic E-state index is 5.97. The standard InChI is InChI=1S/C17H21NO/c1-13-8-7-11-18-15(13)12-19-16-10-6-5-9-14(16)17(2,3)4/h5-11H,12H2,1-4H3. The van der Waals surface area contributed by atoms with E-state index in [9.17, 15) is 0 Å². The summed E-state index contributed by atoms with van der Waals surface area (Å²) in [6, 6.07) is 12.2. The zero-order chi connectivity index (χ0) is 13.9. The smallest absolute Gasteiger partial charge is 0.130 e. The van der Waals surface area contributed by atoms with Crippen LogP contribution in [0.3, 0.4) is 0 Å². The third kappa shape index (κ3) is 3.34. The van der Waals surface area contributed by atoms with Gasteiger partial charge in [0.15, 0.2) is 0 Å². The monoisotopic (exact) mass is 255 g/mol. The molecule has 0 fully saturated rings. The average Bonchev–Trinajstić information content (AvgIpc) is 2.37. The van der Waals surface area contributed by atoms with Gasteiger partial charge in [0.05, 0.1) is 5.69 Å². The lowest BCUT2D eigenvalue weighted by atomic mass is 9.86. The quantitative estimate of drug-likeness (QED) is 0.817. The number of hydrogen-bond donors (Lipinski definition) is 0. The zero-order valence-corrected chi connectivity index (χ0v) is 12.1. The van der Waals surface area contributed by atoms with Crippen LogP contribution in [0.4, 0.5) is 0 Å². The fourth-order valence-corrected chi connectivity index (χ4v) is 2.03. The maximum Gasteiger partial charge on any atom is 0.130 e. The first-order valence-electron chi connectivity index (χ1n) is 6.61. The normalized spacial score (nSPS) is 11.4. The maximum atomic E-state index is 5.97. The van der Waals surface area contributed by atoms with Crippen LogP contribution in [0, 0.1) is 6.92 Å². The Morgan fingerprint density at radius 3 is 2.47 bits per heavy atom. The molecule has 0 unspecified atom stereocenters. The first-order valence-corrected chi connectivity index (χ1v) is 6.61. The second-order valence-electron chi connectivity index (χ2n) is 5.80. The van der Waals surface area contributed by atoms with Crippen LogP contribution in [0.25, 0.3) is 0 Å². The van der Waals surface area contributed by atoms with E-state index in [2.05, 4.69) is 50.9 Å². The van der Waals surface area contributed by atoms with Crippen LogP contribution in [-0.2, 0) is 12.0 Å². The summed E-state index contributed by atoms with van der Waals surface area (Å²) >= 11 is 0. The zero-order valence-electron chi connectivity index (χ0n) is 12.1. The fraction of sp³-hybridized carbons (Fsp3) is 0.353. The Kier molecular flexibility index (Phi) is 3.89. The first-order chi connectivity index (χ1) is 8.98. The molecule has 0 spiro atoms. The second kappa shape index (κ2) is 5.43. The number of nitrogens with zero attached hydrogens (tertiary/aromatic N) is 1. The minimum Gasteiger partial charge on any atom is -0.487 e. The highest BCUT2D eigenvalue weighted by molar-refractivity contribution is 5.38. The Bertz CT molecular complexity index is 555. The van der Waals surface area contributed by atoms with Crippen LogP contribution in [0.1, 0.15) is 37.6 Å². The van der Waals surface area contributed by atoms with Crippen LogP contribution in [0.5, 0.6) is 5.75 Å². The SMILES string of the molecule is Cc1cccnc1COc1ccccc1C(C)(C)C. The molecule has 2 aromatic rings. The van der Waals surface area contributed by atoms with Crippen LogP contribution < -0.4 is 4.74 Å². The van der Waals surface area contributed by atoms with Gasteiger partial charge < -0.3 is 4.74 Å². The third-order valence-electron chi connectivity index (χ3n) is 3.18. The van der Waals surface area contributed by atoms with E-state index < -0.39 is 0 Å². The number of ether oxygens (including phenoxy) is 1. The van der Waals surface area contributed by atoms with Crippen LogP contribution in [0.15, 0.2) is 42.6 Å². The van der Waals surface area contributed by atoms with Crippen molar-refractivity contribution in [1.29, 1.82) is 0 Å². The van der Waals surface area contributed by atoms with Gasteiger partial charge >= 0.3 is 0 Å². The molecule has 2 nitrogen and oxygen atoms in total. The molecule has 19 heavy (non-hydrogen) atoms. The molecule has 100 valence electrons. The van der Waals surface area contributed by atoms with Crippen molar-refractivity contribution in [3.8, 4) is 5.75 Å². The molecule has 2 rings (SSSR count). The van der Waals surface area contributed by atoms with E-state index in [4.69, 9.17) is 4.74 Å². The van der Waals surface area contributed by atoms with Crippen molar-refractivity contribution >= 4 is 0 Å². The summed E-state index contributed by atoms with van der Waals surface area (Å²) in [6.07, 6.45) is 1.81. The molecule has 0 saturated carbocycles. The van der Waals surface area contributed by atoms with Gasteiger partial charge in [-0.15, -0.1) is 0 Å². The predicted octanol–water partition coefficient (Wildman–Crippen LogP) is 4.27. The van der Waals surface area contributed by atoms with Crippen molar-refractivity contribution in [3.63, 3.8) is 0 Å². The number of aromatic nitrogens is 1. The van der Waals surface area contributed by atoms with E-state index in [0.717, 1.165) is 17.0 Å². The number of aryl methyl sites for hydroxylation is 1. The molecule has 0 aliphatic heterocycles. The molecule has 0 aliphatic rings. The Labute approximate surface area is 115 Å². The van der Waals surface area contributed by atoms with E-state index in [1.54, 1.807) is 6.20 Å². The number of benzene rings is 1. The highest BCUT2D eigenvalue weighted by Crippen LogP contribution is 2.31. The Morgan fingerprint density at radius 1 is 1.05 bits per heavy atom. The Morgan fingerprint density at radius 2 is 1.79 bits per heavy atom. The molecule has 1 heterocycles. The van der Waals surface area contributed by atoms with Crippen molar-refractivity contribution < 1.29 is 4.74 Å². The molecule has 0 N–H and O–H groups in total. The molecule has 0 radical (unpaired) electrons. The molecule has 0 bridgehead atoms. The van der Waals surface area contributed by atoms with Crippen molar-refractivity contribution in [2.75, 3.05) is 0 Å². The Balaban J connectivity index is 2.19. The van der Waals surface area contributed by atoms with Crippen LogP contribution in [-0.4, -0.2) is 4.98 Å². The summed E-state index contributed by atoms with van der Waals surface area (Å²) in [5, 5.41) is 0. The average molecular weight is 255 g/mol. The third-order valence-corrected chi connectivity index (χ3v) is 3.18. The molecule has 1 aromatic carbocycles. The second-order valence-corrected chi connectivity index (χ2v) is 5.80. The number of rotatable bonds is 3. The van der Waals surface area contributed by atoms with Gasteiger partial charge in [0.1, 0.15) is 12.4 Å². The van der Waals surface area contributed by atoms with Gasteiger partial charge in [0, 0.05) is 6.20 Å². The van der Waals surface area contributed by atoms with Crippen LogP contribution in [0.2, 0.25) is 0 Å². The molecule has 1 aromatic heterocycles. The van der Waals surface area contributed by atoms with Crippen molar-refractivity contribution in [2.45, 2.75) is 39.7 Å². The predicted molar refractivity (Wildman–Crippen MR) is 78.4 cm³/mol. The molecule has 0 atom stereocenters. The Hall–Kier alpha value is -1.83. The lowest BCUT2D eigenvalue weighted by Crippen LogP contribution is -2.13. The molecule has 2 heteroatoms. The van der Waals surface area contributed by atoms with E-state index in [-0.39, 0.29) is 5.41 Å². The summed E-state index contributed by atoms with van der Waals surface area (Å²) in [4.78, 5) is 4.36. The molecule has 0 saturated heterocycles. The van der Waals surface area contributed by atoms with Gasteiger partial charge in [-0.05, 0) is 35.6 Å². The van der Waals surface area contributed by atoms with E-state index in [1.807, 2.05) is 18.2 Å². The van der Waals surface area contributed by atoms with Crippen molar-refractivity contribution in [1.82, 2.24) is 4.98 Å². The topological polar surface area (TPSA) is 22.1 Å². The van der Waals surface area contributed by atoms with Gasteiger partial charge in [-0.25, -0.2) is 0 Å². The van der Waals surface area contributed by atoms with Crippen LogP contribution >= 0.6 is 0 Å². The summed E-state index contributed by atoms with van der Waals surface area (Å²) < 4.78 is 5.97. The number of pyridine rings is 1. The fourth-order valence-electron chi connectivity index (χ4n) is 2.03. The minimum absolute atomic E-state index is 0.0791. The molecule has 0 amide bonds. The number of para-hydroxylation sites is 1. The van der Waals surface area contributed by atoms with Crippen molar-refractivity contribution in [3.05, 3.63) is 59.4 Å². The first kappa shape index (κ1) is 13.6. The van der Waals surface area contributed by atoms with Gasteiger partial charge in [-0.3, -0.25) is 4.98 Å². The summed E-state index contributed by atoms with van der Waals surface area (Å²) in [5.41, 5.74) is 3.46. The van der Waals surface area contributed by atoms with Crippen molar-refractivity contribution in [2.24, 2.45) is 0 Å². The lowest BCUT2D eigenvalue weighted by molar-refractivity contribution is 0.292. The van der Waals surface area contributed by atoms with E-state index >= 15 is 0 Å². The number of hydrogen-bond acceptors (Lipinski definition) is 2. The summed E-state index contributed by atoms with van der Waals surface area (Å²) in [6.45, 7) is 9.16. The van der Waals surface area contributed by atoms with Gasteiger partial charge in [0.25, 0.3) is 0 Å². The highest BCUT2D eigenvalue weighted by atomic mass is 16.5. The minimum atomic E-state index is 0.0791. The summed E-state index contributed by atoms with van der Waals surface area (Å²) in [7, 11) is 0. The molecule has 0 aliphatic carbocycles. The van der Waals surface area contributed by atoms with Gasteiger partial charge in [-0.2, -0.15) is 0 Å².